The summed E-state index contributed by atoms with van der Waals surface area (Å²) in [6.45, 7) is 5.21. The van der Waals surface area contributed by atoms with Crippen molar-refractivity contribution in [1.82, 2.24) is 0 Å². The van der Waals surface area contributed by atoms with Crippen molar-refractivity contribution < 1.29 is 23.4 Å². The van der Waals surface area contributed by atoms with Crippen LogP contribution in [0.25, 0.3) is 0 Å². The van der Waals surface area contributed by atoms with Crippen LogP contribution in [0.5, 0.6) is 5.75 Å². The number of phenolic OH excluding ortho intramolecular Hbond substituents is 1. The molecular formula is C27H27F2NO3. The monoisotopic (exact) mass is 451 g/mol. The van der Waals surface area contributed by atoms with Gasteiger partial charge in [-0.3, -0.25) is 5.32 Å². The predicted octanol–water partition coefficient (Wildman–Crippen LogP) is 6.88. The van der Waals surface area contributed by atoms with Gasteiger partial charge in [0, 0.05) is 5.92 Å². The summed E-state index contributed by atoms with van der Waals surface area (Å²) >= 11 is 0. The number of hydrogen-bond donors (Lipinski definition) is 2. The van der Waals surface area contributed by atoms with Crippen molar-refractivity contribution in [2.24, 2.45) is 0 Å². The Morgan fingerprint density at radius 2 is 1.70 bits per heavy atom. The van der Waals surface area contributed by atoms with E-state index in [0.29, 0.717) is 0 Å². The third kappa shape index (κ3) is 5.16. The molecule has 0 aliphatic heterocycles. The van der Waals surface area contributed by atoms with E-state index >= 15 is 4.39 Å². The van der Waals surface area contributed by atoms with Crippen molar-refractivity contribution >= 4 is 11.8 Å². The van der Waals surface area contributed by atoms with Gasteiger partial charge < -0.3 is 9.84 Å². The van der Waals surface area contributed by atoms with E-state index in [4.69, 9.17) is 4.74 Å². The maximum Gasteiger partial charge on any atom is 0.412 e. The lowest BCUT2D eigenvalue weighted by Crippen LogP contribution is -2.27. The standard InChI is InChI=1S/C27H27F2NO3/c1-27(2,3)33-26(32)30-24-13-7-18(15-23(24)29)25-21(16-4-8-19(28)9-5-16)11-6-17-14-20(31)10-12-22(17)25/h4-5,7-10,12-15,21,25,31H,6,11H2,1-3H3,(H,30,32)/t21-,25+/m1/s1. The van der Waals surface area contributed by atoms with Crippen LogP contribution < -0.4 is 5.32 Å². The zero-order chi connectivity index (χ0) is 23.8. The highest BCUT2D eigenvalue weighted by Gasteiger charge is 2.33. The van der Waals surface area contributed by atoms with Crippen LogP contribution in [0.3, 0.4) is 0 Å². The Balaban J connectivity index is 1.71. The number of benzene rings is 3. The molecule has 0 saturated heterocycles. The Bertz CT molecular complexity index is 1170. The summed E-state index contributed by atoms with van der Waals surface area (Å²) in [6.07, 6.45) is 0.798. The topological polar surface area (TPSA) is 58.6 Å². The third-order valence-corrected chi connectivity index (χ3v) is 5.87. The summed E-state index contributed by atoms with van der Waals surface area (Å²) in [5.74, 6) is -0.866. The fourth-order valence-electron chi connectivity index (χ4n) is 4.53. The molecule has 0 spiro atoms. The Morgan fingerprint density at radius 3 is 2.36 bits per heavy atom. The number of carbonyl (C=O) groups excluding carboxylic acids is 1. The van der Waals surface area contributed by atoms with E-state index in [-0.39, 0.29) is 29.1 Å². The molecule has 1 aliphatic rings. The number of halogens is 2. The highest BCUT2D eigenvalue weighted by molar-refractivity contribution is 5.85. The van der Waals surface area contributed by atoms with Crippen molar-refractivity contribution in [2.45, 2.75) is 51.0 Å². The minimum Gasteiger partial charge on any atom is -0.508 e. The smallest absolute Gasteiger partial charge is 0.412 e. The Hall–Kier alpha value is -3.41. The zero-order valence-electron chi connectivity index (χ0n) is 18.9. The highest BCUT2D eigenvalue weighted by atomic mass is 19.1. The lowest BCUT2D eigenvalue weighted by molar-refractivity contribution is 0.0635. The second-order valence-corrected chi connectivity index (χ2v) is 9.42. The van der Waals surface area contributed by atoms with Crippen LogP contribution >= 0.6 is 0 Å². The number of rotatable bonds is 3. The first-order chi connectivity index (χ1) is 15.6. The fraction of sp³-hybridized carbons (Fsp3) is 0.296. The number of amides is 1. The van der Waals surface area contributed by atoms with E-state index in [9.17, 15) is 14.3 Å². The quantitative estimate of drug-likeness (QED) is 0.456. The van der Waals surface area contributed by atoms with Crippen molar-refractivity contribution in [1.29, 1.82) is 0 Å². The molecule has 3 aromatic rings. The summed E-state index contributed by atoms with van der Waals surface area (Å²) in [7, 11) is 0. The van der Waals surface area contributed by atoms with Crippen molar-refractivity contribution in [3.8, 4) is 5.75 Å². The van der Waals surface area contributed by atoms with Gasteiger partial charge in [-0.05, 0) is 98.2 Å². The summed E-state index contributed by atoms with van der Waals surface area (Å²) < 4.78 is 33.8. The molecule has 4 rings (SSSR count). The summed E-state index contributed by atoms with van der Waals surface area (Å²) in [6, 6.07) is 16.4. The van der Waals surface area contributed by atoms with Crippen molar-refractivity contribution in [2.75, 3.05) is 5.32 Å². The fourth-order valence-corrected chi connectivity index (χ4v) is 4.53. The van der Waals surface area contributed by atoms with Crippen LogP contribution in [0, 0.1) is 11.6 Å². The first kappa shape index (κ1) is 22.8. The van der Waals surface area contributed by atoms with E-state index in [1.165, 1.54) is 24.3 Å². The molecule has 172 valence electrons. The third-order valence-electron chi connectivity index (χ3n) is 5.87. The molecule has 0 heterocycles. The van der Waals surface area contributed by atoms with Gasteiger partial charge in [0.05, 0.1) is 5.69 Å². The van der Waals surface area contributed by atoms with E-state index in [1.807, 2.05) is 6.07 Å². The number of phenols is 1. The number of fused-ring (bicyclic) bond motifs is 1. The maximum absolute atomic E-state index is 15.1. The van der Waals surface area contributed by atoms with Gasteiger partial charge in [0.2, 0.25) is 0 Å². The summed E-state index contributed by atoms with van der Waals surface area (Å²) in [5.41, 5.74) is 3.06. The number of carbonyl (C=O) groups is 1. The highest BCUT2D eigenvalue weighted by Crippen LogP contribution is 2.47. The minimum atomic E-state index is -0.725. The van der Waals surface area contributed by atoms with Crippen molar-refractivity contribution in [3.05, 3.63) is 94.6 Å². The second kappa shape index (κ2) is 8.85. The number of hydrogen-bond acceptors (Lipinski definition) is 3. The van der Waals surface area contributed by atoms with Gasteiger partial charge in [0.15, 0.2) is 0 Å². The molecule has 0 aromatic heterocycles. The van der Waals surface area contributed by atoms with Crippen LogP contribution in [0.15, 0.2) is 60.7 Å². The molecule has 0 unspecified atom stereocenters. The second-order valence-electron chi connectivity index (χ2n) is 9.42. The van der Waals surface area contributed by atoms with Crippen LogP contribution in [0.4, 0.5) is 19.3 Å². The molecule has 0 fully saturated rings. The van der Waals surface area contributed by atoms with E-state index in [2.05, 4.69) is 5.32 Å². The Labute approximate surface area is 192 Å². The molecule has 0 bridgehead atoms. The van der Waals surface area contributed by atoms with Gasteiger partial charge in [-0.15, -0.1) is 0 Å². The molecular weight excluding hydrogens is 424 g/mol. The number of aromatic hydroxyl groups is 1. The minimum absolute atomic E-state index is 0.00621. The van der Waals surface area contributed by atoms with Gasteiger partial charge >= 0.3 is 6.09 Å². The molecule has 4 nitrogen and oxygen atoms in total. The van der Waals surface area contributed by atoms with Crippen LogP contribution in [-0.4, -0.2) is 16.8 Å². The van der Waals surface area contributed by atoms with Crippen molar-refractivity contribution in [3.63, 3.8) is 0 Å². The molecule has 2 N–H and O–H groups in total. The molecule has 1 aliphatic carbocycles. The van der Waals surface area contributed by atoms with Gasteiger partial charge in [0.1, 0.15) is 23.0 Å². The SMILES string of the molecule is CC(C)(C)OC(=O)Nc1ccc([C@@H]2c3ccc(O)cc3CC[C@@H]2c2ccc(F)cc2)cc1F. The van der Waals surface area contributed by atoms with Gasteiger partial charge in [0.25, 0.3) is 0 Å². The lowest BCUT2D eigenvalue weighted by atomic mass is 9.69. The molecule has 2 atom stereocenters. The van der Waals surface area contributed by atoms with Crippen LogP contribution in [0.2, 0.25) is 0 Å². The number of anilines is 1. The molecule has 33 heavy (non-hydrogen) atoms. The van der Waals surface area contributed by atoms with E-state index in [1.54, 1.807) is 51.1 Å². The number of ether oxygens (including phenoxy) is 1. The molecule has 3 aromatic carbocycles. The number of nitrogens with one attached hydrogen (secondary N) is 1. The lowest BCUT2D eigenvalue weighted by Gasteiger charge is -2.35. The largest absolute Gasteiger partial charge is 0.508 e. The molecule has 6 heteroatoms. The summed E-state index contributed by atoms with van der Waals surface area (Å²) in [4.78, 5) is 12.1. The number of aryl methyl sites for hydroxylation is 1. The predicted molar refractivity (Wildman–Crippen MR) is 124 cm³/mol. The van der Waals surface area contributed by atoms with E-state index in [0.717, 1.165) is 35.1 Å². The normalized spacial score (nSPS) is 17.8. The molecule has 1 amide bonds. The molecule has 0 radical (unpaired) electrons. The first-order valence-electron chi connectivity index (χ1n) is 11.0. The van der Waals surface area contributed by atoms with Crippen LogP contribution in [0.1, 0.15) is 61.3 Å². The zero-order valence-corrected chi connectivity index (χ0v) is 18.9. The summed E-state index contributed by atoms with van der Waals surface area (Å²) in [5, 5.41) is 12.4. The Kier molecular flexibility index (Phi) is 6.11. The Morgan fingerprint density at radius 1 is 1.00 bits per heavy atom. The molecule has 0 saturated carbocycles. The van der Waals surface area contributed by atoms with E-state index < -0.39 is 17.5 Å². The van der Waals surface area contributed by atoms with Gasteiger partial charge in [-0.2, -0.15) is 0 Å². The van der Waals surface area contributed by atoms with Gasteiger partial charge in [-0.1, -0.05) is 24.3 Å². The average molecular weight is 452 g/mol. The average Bonchev–Trinajstić information content (AvgIpc) is 2.73. The van der Waals surface area contributed by atoms with Gasteiger partial charge in [-0.25, -0.2) is 13.6 Å². The first-order valence-corrected chi connectivity index (χ1v) is 11.0. The van der Waals surface area contributed by atoms with Crippen LogP contribution in [-0.2, 0) is 11.2 Å². The maximum atomic E-state index is 15.1.